The quantitative estimate of drug-likeness (QED) is 0.509. The molecular formula is C17H20N3O4PS. The molecule has 0 atom stereocenters. The van der Waals surface area contributed by atoms with Gasteiger partial charge in [-0.25, -0.2) is 9.56 Å². The van der Waals surface area contributed by atoms with Crippen molar-refractivity contribution in [1.29, 1.82) is 0 Å². The second-order valence-corrected chi connectivity index (χ2v) is 7.86. The molecule has 9 heteroatoms. The number of fused-ring (bicyclic) bond motifs is 2. The number of hydrogen-bond donors (Lipinski definition) is 4. The van der Waals surface area contributed by atoms with Crippen molar-refractivity contribution in [1.82, 2.24) is 10.2 Å². The molecule has 0 bridgehead atoms. The molecule has 2 heterocycles. The lowest BCUT2D eigenvalue weighted by molar-refractivity contribution is 0.275. The first-order chi connectivity index (χ1) is 12.4. The number of nitrogens with one attached hydrogen (secondary N) is 1. The first-order valence-electron chi connectivity index (χ1n) is 8.11. The van der Waals surface area contributed by atoms with E-state index in [1.807, 2.05) is 11.8 Å². The monoisotopic (exact) mass is 393 g/mol. The number of piperazine rings is 1. The Labute approximate surface area is 156 Å². The van der Waals surface area contributed by atoms with Crippen LogP contribution in [0, 0.1) is 0 Å². The second kappa shape index (κ2) is 8.35. The Balaban J connectivity index is 0.000000349. The van der Waals surface area contributed by atoms with E-state index in [1.165, 1.54) is 15.4 Å². The van der Waals surface area contributed by atoms with Crippen molar-refractivity contribution in [3.05, 3.63) is 54.1 Å². The fourth-order valence-corrected chi connectivity index (χ4v) is 3.80. The van der Waals surface area contributed by atoms with Gasteiger partial charge < -0.3 is 24.9 Å². The number of amidine groups is 1. The molecular weight excluding hydrogens is 373 g/mol. The van der Waals surface area contributed by atoms with Gasteiger partial charge in [0.2, 0.25) is 0 Å². The number of benzene rings is 2. The van der Waals surface area contributed by atoms with E-state index in [4.69, 9.17) is 24.2 Å². The molecule has 0 unspecified atom stereocenters. The summed E-state index contributed by atoms with van der Waals surface area (Å²) < 4.78 is 8.88. The SMILES string of the molecule is O=P(O)(O)O.c1ccc2c(c1)N=C(N1CCNCC1)c1ccccc1S2. The zero-order valence-corrected chi connectivity index (χ0v) is 15.7. The van der Waals surface area contributed by atoms with Gasteiger partial charge in [-0.2, -0.15) is 0 Å². The van der Waals surface area contributed by atoms with Crippen LogP contribution in [-0.4, -0.2) is 51.6 Å². The smallest absolute Gasteiger partial charge is 0.354 e. The van der Waals surface area contributed by atoms with Crippen LogP contribution < -0.4 is 5.32 Å². The van der Waals surface area contributed by atoms with E-state index in [0.29, 0.717) is 0 Å². The highest BCUT2D eigenvalue weighted by Gasteiger charge is 2.22. The summed E-state index contributed by atoms with van der Waals surface area (Å²) in [5.41, 5.74) is 2.33. The molecule has 2 aliphatic rings. The Morgan fingerprint density at radius 1 is 0.962 bits per heavy atom. The zero-order chi connectivity index (χ0) is 18.6. The molecule has 2 aromatic rings. The number of rotatable bonds is 0. The predicted molar refractivity (Wildman–Crippen MR) is 102 cm³/mol. The molecule has 0 saturated carbocycles. The molecule has 1 saturated heterocycles. The molecule has 7 nitrogen and oxygen atoms in total. The van der Waals surface area contributed by atoms with Crippen molar-refractivity contribution in [3.8, 4) is 0 Å². The normalized spacial score (nSPS) is 16.4. The van der Waals surface area contributed by atoms with Gasteiger partial charge in [-0.15, -0.1) is 0 Å². The maximum absolute atomic E-state index is 8.88. The van der Waals surface area contributed by atoms with E-state index < -0.39 is 7.82 Å². The van der Waals surface area contributed by atoms with Crippen molar-refractivity contribution in [2.45, 2.75) is 9.79 Å². The summed E-state index contributed by atoms with van der Waals surface area (Å²) in [4.78, 5) is 31.5. The molecule has 0 radical (unpaired) electrons. The Bertz CT molecular complexity index is 841. The number of phosphoric acid groups is 1. The fourth-order valence-electron chi connectivity index (χ4n) is 2.79. The minimum atomic E-state index is -4.64. The van der Waals surface area contributed by atoms with Gasteiger partial charge in [0.1, 0.15) is 5.84 Å². The zero-order valence-electron chi connectivity index (χ0n) is 13.9. The first-order valence-corrected chi connectivity index (χ1v) is 10.5. The molecule has 26 heavy (non-hydrogen) atoms. The topological polar surface area (TPSA) is 105 Å². The summed E-state index contributed by atoms with van der Waals surface area (Å²) in [6.45, 7) is 4.08. The fraction of sp³-hybridized carbons (Fsp3) is 0.235. The van der Waals surface area contributed by atoms with Gasteiger partial charge >= 0.3 is 7.82 Å². The molecule has 138 valence electrons. The summed E-state index contributed by atoms with van der Waals surface area (Å²) in [5, 5.41) is 3.41. The molecule has 2 aliphatic heterocycles. The van der Waals surface area contributed by atoms with Crippen molar-refractivity contribution >= 4 is 31.1 Å². The lowest BCUT2D eigenvalue weighted by atomic mass is 10.1. The van der Waals surface area contributed by atoms with Crippen LogP contribution in [0.4, 0.5) is 5.69 Å². The van der Waals surface area contributed by atoms with E-state index in [-0.39, 0.29) is 0 Å². The van der Waals surface area contributed by atoms with Gasteiger partial charge in [0, 0.05) is 41.5 Å². The second-order valence-electron chi connectivity index (χ2n) is 5.75. The van der Waals surface area contributed by atoms with Crippen LogP contribution in [-0.2, 0) is 4.57 Å². The Morgan fingerprint density at radius 2 is 1.54 bits per heavy atom. The van der Waals surface area contributed by atoms with Crippen LogP contribution in [0.25, 0.3) is 0 Å². The third-order valence-corrected chi connectivity index (χ3v) is 5.00. The number of hydrogen-bond acceptors (Lipinski definition) is 5. The molecule has 1 fully saturated rings. The van der Waals surface area contributed by atoms with Crippen LogP contribution in [0.3, 0.4) is 0 Å². The lowest BCUT2D eigenvalue weighted by Crippen LogP contribution is -2.46. The molecule has 2 aromatic carbocycles. The number of nitrogens with zero attached hydrogens (tertiary/aromatic N) is 2. The highest BCUT2D eigenvalue weighted by molar-refractivity contribution is 7.99. The molecule has 0 aromatic heterocycles. The van der Waals surface area contributed by atoms with Crippen LogP contribution in [0.15, 0.2) is 63.3 Å². The minimum Gasteiger partial charge on any atom is -0.354 e. The van der Waals surface area contributed by atoms with Crippen molar-refractivity contribution < 1.29 is 19.2 Å². The summed E-state index contributed by atoms with van der Waals surface area (Å²) in [6, 6.07) is 17.0. The third kappa shape index (κ3) is 5.17. The van der Waals surface area contributed by atoms with Gasteiger partial charge in [-0.1, -0.05) is 42.1 Å². The van der Waals surface area contributed by atoms with Gasteiger partial charge in [0.25, 0.3) is 0 Å². The van der Waals surface area contributed by atoms with Crippen molar-refractivity contribution in [3.63, 3.8) is 0 Å². The molecule has 0 aliphatic carbocycles. The van der Waals surface area contributed by atoms with E-state index >= 15 is 0 Å². The highest BCUT2D eigenvalue weighted by Crippen LogP contribution is 2.40. The van der Waals surface area contributed by atoms with Crippen molar-refractivity contribution in [2.24, 2.45) is 4.99 Å². The average Bonchev–Trinajstić information content (AvgIpc) is 2.77. The van der Waals surface area contributed by atoms with E-state index in [1.54, 1.807) is 0 Å². The largest absolute Gasteiger partial charge is 0.466 e. The maximum Gasteiger partial charge on any atom is 0.466 e. The Kier molecular flexibility index (Phi) is 6.13. The van der Waals surface area contributed by atoms with Gasteiger partial charge in [0.05, 0.1) is 5.69 Å². The molecule has 4 N–H and O–H groups in total. The van der Waals surface area contributed by atoms with E-state index in [9.17, 15) is 0 Å². The van der Waals surface area contributed by atoms with E-state index in [0.717, 1.165) is 37.7 Å². The van der Waals surface area contributed by atoms with Crippen LogP contribution in [0.5, 0.6) is 0 Å². The predicted octanol–water partition coefficient (Wildman–Crippen LogP) is 2.21. The van der Waals surface area contributed by atoms with Gasteiger partial charge in [-0.05, 0) is 18.2 Å². The Morgan fingerprint density at radius 3 is 2.23 bits per heavy atom. The van der Waals surface area contributed by atoms with Crippen LogP contribution in [0.1, 0.15) is 5.56 Å². The van der Waals surface area contributed by atoms with Crippen LogP contribution >= 0.6 is 19.6 Å². The number of aliphatic imine (C=N–C) groups is 1. The molecule has 0 spiro atoms. The molecule has 0 amide bonds. The van der Waals surface area contributed by atoms with Gasteiger partial charge in [0.15, 0.2) is 0 Å². The van der Waals surface area contributed by atoms with Crippen LogP contribution in [0.2, 0.25) is 0 Å². The summed E-state index contributed by atoms with van der Waals surface area (Å²) in [7, 11) is -4.64. The highest BCUT2D eigenvalue weighted by atomic mass is 32.2. The maximum atomic E-state index is 8.88. The summed E-state index contributed by atoms with van der Waals surface area (Å²) in [5.74, 6) is 1.12. The average molecular weight is 393 g/mol. The molecule has 4 rings (SSSR count). The van der Waals surface area contributed by atoms with Gasteiger partial charge in [-0.3, -0.25) is 0 Å². The summed E-state index contributed by atoms with van der Waals surface area (Å²) in [6.07, 6.45) is 0. The standard InChI is InChI=1S/C17H17N3S.H3O4P/c1-3-7-15-13(5-1)17(20-11-9-18-10-12-20)19-14-6-2-4-8-16(14)21-15;1-5(2,3)4/h1-8,18H,9-12H2;(H3,1,2,3,4). The number of para-hydroxylation sites is 1. The van der Waals surface area contributed by atoms with E-state index in [2.05, 4.69) is 58.7 Å². The minimum absolute atomic E-state index is 1.01. The lowest BCUT2D eigenvalue weighted by Gasteiger charge is -2.30. The first kappa shape index (κ1) is 19.1. The third-order valence-electron chi connectivity index (χ3n) is 3.86. The Hall–Kier alpha value is -1.67. The summed E-state index contributed by atoms with van der Waals surface area (Å²) >= 11 is 1.81. The van der Waals surface area contributed by atoms with Crippen molar-refractivity contribution in [2.75, 3.05) is 26.2 Å².